The van der Waals surface area contributed by atoms with Crippen molar-refractivity contribution in [2.45, 2.75) is 0 Å². The van der Waals surface area contributed by atoms with Crippen LogP contribution >= 0.6 is 11.6 Å². The van der Waals surface area contributed by atoms with Gasteiger partial charge in [0.25, 0.3) is 0 Å². The topological polar surface area (TPSA) is 43.8 Å². The minimum absolute atomic E-state index is 0.562. The summed E-state index contributed by atoms with van der Waals surface area (Å²) in [5.41, 5.74) is 8.66. The zero-order valence-electron chi connectivity index (χ0n) is 10.1. The normalized spacial score (nSPS) is 10.6. The number of nitrogens with two attached hydrogens (primary N) is 1. The Morgan fingerprint density at radius 1 is 0.947 bits per heavy atom. The van der Waals surface area contributed by atoms with Crippen LogP contribution in [0.4, 0.5) is 5.82 Å². The first-order chi connectivity index (χ1) is 9.25. The van der Waals surface area contributed by atoms with Gasteiger partial charge < -0.3 is 5.73 Å². The number of para-hydroxylation sites is 1. The van der Waals surface area contributed by atoms with E-state index in [4.69, 9.17) is 17.3 Å². The maximum Gasteiger partial charge on any atom is 0.127 e. The maximum absolute atomic E-state index is 6.17. The third-order valence-electron chi connectivity index (χ3n) is 2.89. The molecule has 1 heterocycles. The van der Waals surface area contributed by atoms with Crippen LogP contribution in [0.25, 0.3) is 16.9 Å². The highest BCUT2D eigenvalue weighted by atomic mass is 35.5. The zero-order valence-corrected chi connectivity index (χ0v) is 10.9. The first-order valence-corrected chi connectivity index (χ1v) is 6.29. The van der Waals surface area contributed by atoms with Gasteiger partial charge in [0, 0.05) is 11.6 Å². The van der Waals surface area contributed by atoms with Gasteiger partial charge in [-0.1, -0.05) is 54.1 Å². The van der Waals surface area contributed by atoms with E-state index in [0.717, 1.165) is 16.9 Å². The molecule has 3 nitrogen and oxygen atoms in total. The molecular formula is C15H12ClN3. The smallest absolute Gasteiger partial charge is 0.127 e. The van der Waals surface area contributed by atoms with E-state index in [1.54, 1.807) is 4.68 Å². The summed E-state index contributed by atoms with van der Waals surface area (Å²) >= 11 is 6.17. The average molecular weight is 270 g/mol. The van der Waals surface area contributed by atoms with Gasteiger partial charge in [0.2, 0.25) is 0 Å². The second kappa shape index (κ2) is 4.78. The molecule has 0 spiro atoms. The number of benzene rings is 2. The molecule has 1 aromatic heterocycles. The Bertz CT molecular complexity index is 704. The third kappa shape index (κ3) is 2.20. The van der Waals surface area contributed by atoms with E-state index < -0.39 is 0 Å². The molecule has 0 aliphatic heterocycles. The fourth-order valence-corrected chi connectivity index (χ4v) is 2.18. The molecule has 0 atom stereocenters. The van der Waals surface area contributed by atoms with Crippen LogP contribution < -0.4 is 5.73 Å². The second-order valence-corrected chi connectivity index (χ2v) is 4.59. The lowest BCUT2D eigenvalue weighted by molar-refractivity contribution is 0.895. The number of nitrogens with zero attached hydrogens (tertiary/aromatic N) is 2. The van der Waals surface area contributed by atoms with Crippen LogP contribution in [-0.2, 0) is 0 Å². The van der Waals surface area contributed by atoms with E-state index in [2.05, 4.69) is 5.10 Å². The fraction of sp³-hybridized carbons (Fsp3) is 0. The van der Waals surface area contributed by atoms with Crippen LogP contribution in [0.1, 0.15) is 0 Å². The molecular weight excluding hydrogens is 258 g/mol. The lowest BCUT2D eigenvalue weighted by atomic mass is 10.2. The van der Waals surface area contributed by atoms with Gasteiger partial charge in [-0.3, -0.25) is 0 Å². The van der Waals surface area contributed by atoms with E-state index in [0.29, 0.717) is 10.8 Å². The molecule has 0 fully saturated rings. The Balaban J connectivity index is 2.11. The first kappa shape index (κ1) is 11.8. The molecule has 2 aromatic carbocycles. The summed E-state index contributed by atoms with van der Waals surface area (Å²) < 4.78 is 1.66. The monoisotopic (exact) mass is 269 g/mol. The Morgan fingerprint density at radius 2 is 1.63 bits per heavy atom. The Hall–Kier alpha value is -2.26. The molecule has 4 heteroatoms. The molecule has 0 saturated heterocycles. The molecule has 2 N–H and O–H groups in total. The zero-order chi connectivity index (χ0) is 13.2. The standard InChI is InChI=1S/C15H12ClN3/c16-12-8-4-5-9-14(12)19-15(17)10-13(18-19)11-6-2-1-3-7-11/h1-10H,17H2. The number of rotatable bonds is 2. The van der Waals surface area contributed by atoms with Crippen LogP contribution in [0.3, 0.4) is 0 Å². The molecule has 19 heavy (non-hydrogen) atoms. The maximum atomic E-state index is 6.17. The first-order valence-electron chi connectivity index (χ1n) is 5.91. The molecule has 0 bridgehead atoms. The summed E-state index contributed by atoms with van der Waals surface area (Å²) in [6.07, 6.45) is 0. The minimum atomic E-state index is 0.562. The Morgan fingerprint density at radius 3 is 2.37 bits per heavy atom. The summed E-state index contributed by atoms with van der Waals surface area (Å²) in [5.74, 6) is 0.562. The largest absolute Gasteiger partial charge is 0.384 e. The number of nitrogen functional groups attached to an aromatic ring is 1. The van der Waals surface area contributed by atoms with E-state index in [9.17, 15) is 0 Å². The number of halogens is 1. The van der Waals surface area contributed by atoms with Gasteiger partial charge in [0.1, 0.15) is 5.82 Å². The van der Waals surface area contributed by atoms with Crippen molar-refractivity contribution < 1.29 is 0 Å². The predicted molar refractivity (Wildman–Crippen MR) is 78.4 cm³/mol. The number of aromatic nitrogens is 2. The number of anilines is 1. The highest BCUT2D eigenvalue weighted by Gasteiger charge is 2.10. The lowest BCUT2D eigenvalue weighted by Crippen LogP contribution is -2.02. The molecule has 0 aliphatic rings. The highest BCUT2D eigenvalue weighted by molar-refractivity contribution is 6.32. The van der Waals surface area contributed by atoms with Gasteiger partial charge in [-0.05, 0) is 12.1 Å². The molecule has 0 saturated carbocycles. The van der Waals surface area contributed by atoms with Crippen molar-refractivity contribution in [3.05, 3.63) is 65.7 Å². The molecule has 3 aromatic rings. The van der Waals surface area contributed by atoms with Gasteiger partial charge in [0.15, 0.2) is 0 Å². The van der Waals surface area contributed by atoms with Gasteiger partial charge in [-0.15, -0.1) is 0 Å². The molecule has 0 unspecified atom stereocenters. The van der Waals surface area contributed by atoms with E-state index >= 15 is 0 Å². The van der Waals surface area contributed by atoms with Crippen molar-refractivity contribution in [2.75, 3.05) is 5.73 Å². The summed E-state index contributed by atoms with van der Waals surface area (Å²) in [6, 6.07) is 19.3. The second-order valence-electron chi connectivity index (χ2n) is 4.18. The SMILES string of the molecule is Nc1cc(-c2ccccc2)nn1-c1ccccc1Cl. The van der Waals surface area contributed by atoms with Gasteiger partial charge in [-0.2, -0.15) is 5.10 Å². The van der Waals surface area contributed by atoms with Crippen molar-refractivity contribution in [2.24, 2.45) is 0 Å². The van der Waals surface area contributed by atoms with Crippen molar-refractivity contribution in [1.29, 1.82) is 0 Å². The molecule has 0 amide bonds. The van der Waals surface area contributed by atoms with Gasteiger partial charge in [-0.25, -0.2) is 4.68 Å². The summed E-state index contributed by atoms with van der Waals surface area (Å²) in [4.78, 5) is 0. The van der Waals surface area contributed by atoms with E-state index in [1.165, 1.54) is 0 Å². The van der Waals surface area contributed by atoms with Crippen LogP contribution in [0.15, 0.2) is 60.7 Å². The lowest BCUT2D eigenvalue weighted by Gasteiger charge is -2.05. The molecule has 0 radical (unpaired) electrons. The van der Waals surface area contributed by atoms with Gasteiger partial charge >= 0.3 is 0 Å². The predicted octanol–water partition coefficient (Wildman–Crippen LogP) is 3.77. The van der Waals surface area contributed by atoms with Crippen LogP contribution in [0.2, 0.25) is 5.02 Å². The van der Waals surface area contributed by atoms with Crippen LogP contribution in [0, 0.1) is 0 Å². The molecule has 0 aliphatic carbocycles. The van der Waals surface area contributed by atoms with E-state index in [1.807, 2.05) is 60.7 Å². The van der Waals surface area contributed by atoms with Crippen LogP contribution in [0.5, 0.6) is 0 Å². The molecule has 3 rings (SSSR count). The number of hydrogen-bond donors (Lipinski definition) is 1. The van der Waals surface area contributed by atoms with Gasteiger partial charge in [0.05, 0.1) is 16.4 Å². The summed E-state index contributed by atoms with van der Waals surface area (Å²) in [7, 11) is 0. The average Bonchev–Trinajstić information content (AvgIpc) is 2.82. The number of hydrogen-bond acceptors (Lipinski definition) is 2. The Kier molecular flexibility index (Phi) is 2.97. The third-order valence-corrected chi connectivity index (χ3v) is 3.21. The van der Waals surface area contributed by atoms with Crippen molar-refractivity contribution >= 4 is 17.4 Å². The van der Waals surface area contributed by atoms with Crippen molar-refractivity contribution in [3.63, 3.8) is 0 Å². The van der Waals surface area contributed by atoms with E-state index in [-0.39, 0.29) is 0 Å². The van der Waals surface area contributed by atoms with Crippen LogP contribution in [-0.4, -0.2) is 9.78 Å². The minimum Gasteiger partial charge on any atom is -0.384 e. The molecule has 94 valence electrons. The highest BCUT2D eigenvalue weighted by Crippen LogP contribution is 2.26. The van der Waals surface area contributed by atoms with Crippen molar-refractivity contribution in [3.8, 4) is 16.9 Å². The van der Waals surface area contributed by atoms with Crippen molar-refractivity contribution in [1.82, 2.24) is 9.78 Å². The fourth-order valence-electron chi connectivity index (χ4n) is 1.96. The summed E-state index contributed by atoms with van der Waals surface area (Å²) in [6.45, 7) is 0. The quantitative estimate of drug-likeness (QED) is 0.769. The summed E-state index contributed by atoms with van der Waals surface area (Å²) in [5, 5.41) is 5.14. The Labute approximate surface area is 116 Å².